The predicted octanol–water partition coefficient (Wildman–Crippen LogP) is 1.16. The summed E-state index contributed by atoms with van der Waals surface area (Å²) in [7, 11) is -0.108. The quantitative estimate of drug-likeness (QED) is 0.429. The van der Waals surface area contributed by atoms with E-state index in [1.165, 1.54) is 7.11 Å². The third-order valence-corrected chi connectivity index (χ3v) is 3.07. The molecule has 6 heteroatoms. The molecule has 0 atom stereocenters. The summed E-state index contributed by atoms with van der Waals surface area (Å²) in [6.45, 7) is 3.43. The van der Waals surface area contributed by atoms with Gasteiger partial charge in [-0.1, -0.05) is 10.9 Å². The van der Waals surface area contributed by atoms with Gasteiger partial charge in [-0.2, -0.15) is 0 Å². The molecule has 1 N–H and O–H groups in total. The maximum Gasteiger partial charge on any atom is 0.0925 e. The van der Waals surface area contributed by atoms with Crippen molar-refractivity contribution in [3.05, 3.63) is 0 Å². The average molecular weight is 218 g/mol. The summed E-state index contributed by atoms with van der Waals surface area (Å²) < 4.78 is 19.5. The number of likely N-dealkylation sites (tertiary alicyclic amines) is 1. The second kappa shape index (κ2) is 5.31. The van der Waals surface area contributed by atoms with Crippen molar-refractivity contribution >= 4 is 16.7 Å². The molecule has 1 heterocycles. The first-order valence-corrected chi connectivity index (χ1v) is 5.64. The van der Waals surface area contributed by atoms with Gasteiger partial charge < -0.3 is 17.7 Å². The Balaban J connectivity index is 2.43. The molecule has 0 aromatic carbocycles. The van der Waals surface area contributed by atoms with Crippen LogP contribution < -0.4 is 0 Å². The fourth-order valence-corrected chi connectivity index (χ4v) is 2.01. The minimum absolute atomic E-state index is 0.117. The third-order valence-electron chi connectivity index (χ3n) is 2.32. The average Bonchev–Trinajstić information content (AvgIpc) is 2.18. The van der Waals surface area contributed by atoms with Crippen molar-refractivity contribution in [3.8, 4) is 0 Å². The normalized spacial score (nSPS) is 21.1. The summed E-state index contributed by atoms with van der Waals surface area (Å²) in [5.74, 6) is 0.594. The number of nitrogens with zero attached hydrogens (tertiary/aromatic N) is 2. The van der Waals surface area contributed by atoms with Gasteiger partial charge in [-0.3, -0.25) is 5.41 Å². The standard InChI is InChI=1S/C8H16N3O2S/c1-7(9)11-5-3-8(4-6-11)10-14(12)13-2/h8-9H,3-6H2,1-2H3/q-1. The van der Waals surface area contributed by atoms with E-state index in [1.54, 1.807) is 6.92 Å². The first kappa shape index (κ1) is 11.5. The van der Waals surface area contributed by atoms with Crippen LogP contribution in [-0.4, -0.2) is 37.0 Å². The first-order chi connectivity index (χ1) is 6.63. The SMILES string of the molecule is CO[S-](=O)=NC1CCN(C(C)=N)CC1. The molecule has 82 valence electrons. The van der Waals surface area contributed by atoms with Crippen molar-refractivity contribution in [1.29, 1.82) is 5.41 Å². The molecule has 0 aromatic heterocycles. The largest absolute Gasteiger partial charge is 0.441 e. The van der Waals surface area contributed by atoms with Crippen LogP contribution in [0.15, 0.2) is 4.36 Å². The van der Waals surface area contributed by atoms with Crippen molar-refractivity contribution in [3.63, 3.8) is 0 Å². The van der Waals surface area contributed by atoms with Gasteiger partial charge in [0, 0.05) is 26.2 Å². The summed E-state index contributed by atoms with van der Waals surface area (Å²) >= 11 is 0. The van der Waals surface area contributed by atoms with Gasteiger partial charge in [0.1, 0.15) is 0 Å². The maximum atomic E-state index is 11.0. The molecular formula is C8H16N3O2S-. The Morgan fingerprint density at radius 1 is 1.57 bits per heavy atom. The minimum Gasteiger partial charge on any atom is -0.441 e. The fourth-order valence-electron chi connectivity index (χ4n) is 1.47. The highest BCUT2D eigenvalue weighted by molar-refractivity contribution is 7.69. The van der Waals surface area contributed by atoms with Gasteiger partial charge in [-0.15, -0.1) is 0 Å². The van der Waals surface area contributed by atoms with Crippen LogP contribution in [0, 0.1) is 5.41 Å². The minimum atomic E-state index is -1.49. The Bertz CT molecular complexity index is 278. The van der Waals surface area contributed by atoms with E-state index >= 15 is 0 Å². The molecule has 0 unspecified atom stereocenters. The van der Waals surface area contributed by atoms with Gasteiger partial charge in [-0.25, -0.2) is 0 Å². The highest BCUT2D eigenvalue weighted by Gasteiger charge is 2.16. The lowest BCUT2D eigenvalue weighted by Crippen LogP contribution is -2.38. The number of hydrogen-bond acceptors (Lipinski definition) is 5. The number of nitrogens with one attached hydrogen (secondary N) is 1. The molecule has 0 amide bonds. The van der Waals surface area contributed by atoms with E-state index in [1.807, 2.05) is 4.90 Å². The van der Waals surface area contributed by atoms with Crippen molar-refractivity contribution in [1.82, 2.24) is 4.90 Å². The van der Waals surface area contributed by atoms with Crippen LogP contribution in [0.25, 0.3) is 0 Å². The topological polar surface area (TPSA) is 65.8 Å². The molecule has 0 aromatic rings. The van der Waals surface area contributed by atoms with Crippen LogP contribution in [0.1, 0.15) is 19.8 Å². The predicted molar refractivity (Wildman–Crippen MR) is 55.5 cm³/mol. The molecule has 0 bridgehead atoms. The summed E-state index contributed by atoms with van der Waals surface area (Å²) in [4.78, 5) is 2.00. The lowest BCUT2D eigenvalue weighted by molar-refractivity contribution is 0.311. The molecule has 0 saturated carbocycles. The Hall–Kier alpha value is -0.620. The van der Waals surface area contributed by atoms with Crippen LogP contribution in [0.5, 0.6) is 0 Å². The maximum absolute atomic E-state index is 11.0. The molecule has 0 spiro atoms. The van der Waals surface area contributed by atoms with Crippen LogP contribution in [0.2, 0.25) is 0 Å². The molecule has 5 nitrogen and oxygen atoms in total. The third kappa shape index (κ3) is 3.26. The first-order valence-electron chi connectivity index (χ1n) is 4.60. The molecule has 1 aliphatic rings. The lowest BCUT2D eigenvalue weighted by atomic mass is 10.1. The monoisotopic (exact) mass is 218 g/mol. The van der Waals surface area contributed by atoms with Crippen molar-refractivity contribution < 1.29 is 8.39 Å². The molecule has 1 fully saturated rings. The van der Waals surface area contributed by atoms with E-state index in [9.17, 15) is 4.21 Å². The highest BCUT2D eigenvalue weighted by atomic mass is 32.2. The number of rotatable bonds is 2. The molecular weight excluding hydrogens is 202 g/mol. The zero-order valence-corrected chi connectivity index (χ0v) is 9.34. The van der Waals surface area contributed by atoms with Gasteiger partial charge in [-0.05, 0) is 19.8 Å². The van der Waals surface area contributed by atoms with E-state index in [2.05, 4.69) is 8.55 Å². The van der Waals surface area contributed by atoms with Crippen molar-refractivity contribution in [2.24, 2.45) is 4.36 Å². The highest BCUT2D eigenvalue weighted by Crippen LogP contribution is 2.13. The van der Waals surface area contributed by atoms with Gasteiger partial charge in [0.15, 0.2) is 0 Å². The van der Waals surface area contributed by atoms with Crippen LogP contribution in [0.3, 0.4) is 0 Å². The summed E-state index contributed by atoms with van der Waals surface area (Å²) in [5.41, 5.74) is 0. The summed E-state index contributed by atoms with van der Waals surface area (Å²) in [5, 5.41) is 7.44. The molecule has 0 aliphatic carbocycles. The van der Waals surface area contributed by atoms with Gasteiger partial charge in [0.2, 0.25) is 0 Å². The number of amidine groups is 1. The summed E-state index contributed by atoms with van der Waals surface area (Å²) in [6.07, 6.45) is 1.70. The molecule has 0 radical (unpaired) electrons. The summed E-state index contributed by atoms with van der Waals surface area (Å²) in [6, 6.07) is 0.117. The van der Waals surface area contributed by atoms with Gasteiger partial charge >= 0.3 is 0 Å². The van der Waals surface area contributed by atoms with Gasteiger partial charge in [0.05, 0.1) is 5.84 Å². The van der Waals surface area contributed by atoms with E-state index in [0.29, 0.717) is 5.84 Å². The van der Waals surface area contributed by atoms with E-state index in [-0.39, 0.29) is 6.04 Å². The van der Waals surface area contributed by atoms with Crippen molar-refractivity contribution in [2.45, 2.75) is 25.8 Å². The smallest absolute Gasteiger partial charge is 0.0925 e. The van der Waals surface area contributed by atoms with Crippen LogP contribution in [-0.2, 0) is 19.3 Å². The Morgan fingerprint density at radius 2 is 2.14 bits per heavy atom. The van der Waals surface area contributed by atoms with E-state index < -0.39 is 10.9 Å². The van der Waals surface area contributed by atoms with Crippen molar-refractivity contribution in [2.75, 3.05) is 20.2 Å². The Kier molecular flexibility index (Phi) is 4.34. The fraction of sp³-hybridized carbons (Fsp3) is 0.875. The second-order valence-corrected chi connectivity index (χ2v) is 4.27. The zero-order chi connectivity index (χ0) is 10.6. The van der Waals surface area contributed by atoms with Crippen LogP contribution >= 0.6 is 0 Å². The Morgan fingerprint density at radius 3 is 2.57 bits per heavy atom. The molecule has 14 heavy (non-hydrogen) atoms. The molecule has 1 aliphatic heterocycles. The second-order valence-electron chi connectivity index (χ2n) is 3.29. The van der Waals surface area contributed by atoms with Gasteiger partial charge in [0.25, 0.3) is 0 Å². The number of hydrogen-bond donors (Lipinski definition) is 1. The lowest BCUT2D eigenvalue weighted by Gasteiger charge is -2.32. The number of piperidine rings is 1. The van der Waals surface area contributed by atoms with E-state index in [0.717, 1.165) is 25.9 Å². The molecule has 1 saturated heterocycles. The van der Waals surface area contributed by atoms with Crippen LogP contribution in [0.4, 0.5) is 0 Å². The Labute approximate surface area is 86.4 Å². The molecule has 1 rings (SSSR count). The van der Waals surface area contributed by atoms with E-state index in [4.69, 9.17) is 5.41 Å². The zero-order valence-electron chi connectivity index (χ0n) is 8.52.